The normalized spacial score (nSPS) is 40.6. The molecule has 3 heteroatoms. The quantitative estimate of drug-likeness (QED) is 0.316. The van der Waals surface area contributed by atoms with E-state index in [1.54, 1.807) is 6.08 Å². The van der Waals surface area contributed by atoms with Gasteiger partial charge < -0.3 is 10.5 Å². The summed E-state index contributed by atoms with van der Waals surface area (Å²) in [5, 5.41) is 0. The van der Waals surface area contributed by atoms with E-state index in [1.165, 1.54) is 82.5 Å². The maximum atomic E-state index is 11.9. The van der Waals surface area contributed by atoms with Crippen LogP contribution >= 0.6 is 0 Å². The predicted molar refractivity (Wildman–Crippen MR) is 158 cm³/mol. The Bertz CT molecular complexity index is 1070. The fraction of sp³-hybridized carbons (Fsp3) is 0.686. The molecule has 1 aromatic carbocycles. The number of carbonyl (C=O) groups is 1. The van der Waals surface area contributed by atoms with Gasteiger partial charge in [0, 0.05) is 5.54 Å². The number of hydrogen-bond donors (Lipinski definition) is 1. The summed E-state index contributed by atoms with van der Waals surface area (Å²) < 4.78 is 4.90. The third-order valence-electron chi connectivity index (χ3n) is 12.1. The van der Waals surface area contributed by atoms with E-state index in [9.17, 15) is 4.79 Å². The second-order valence-electron chi connectivity index (χ2n) is 14.1. The second-order valence-corrected chi connectivity index (χ2v) is 14.1. The first-order valence-electron chi connectivity index (χ1n) is 15.4. The molecule has 0 amide bonds. The van der Waals surface area contributed by atoms with Gasteiger partial charge >= 0.3 is 5.97 Å². The second kappa shape index (κ2) is 10.3. The first-order valence-corrected chi connectivity index (χ1v) is 15.4. The number of rotatable bonds is 2. The fourth-order valence-electron chi connectivity index (χ4n) is 10.7. The molecule has 0 spiro atoms. The number of fused-ring (bicyclic) bond motifs is 7. The molecule has 8 atom stereocenters. The zero-order valence-corrected chi connectivity index (χ0v) is 24.6. The number of hydrogen-bond acceptors (Lipinski definition) is 3. The van der Waals surface area contributed by atoms with Crippen molar-refractivity contribution in [2.75, 3.05) is 7.11 Å². The first-order chi connectivity index (χ1) is 18.1. The largest absolute Gasteiger partial charge is 0.465 e. The number of carbonyl (C=O) groups excluding carboxylic acids is 1. The third-order valence-corrected chi connectivity index (χ3v) is 12.1. The lowest BCUT2D eigenvalue weighted by atomic mass is 9.41. The van der Waals surface area contributed by atoms with Gasteiger partial charge in [0.15, 0.2) is 0 Å². The molecule has 0 aliphatic heterocycles. The van der Waals surface area contributed by atoms with Crippen LogP contribution in [0.25, 0.3) is 5.57 Å². The molecule has 3 nitrogen and oxygen atoms in total. The molecule has 208 valence electrons. The van der Waals surface area contributed by atoms with Gasteiger partial charge in [-0.1, -0.05) is 51.5 Å². The summed E-state index contributed by atoms with van der Waals surface area (Å²) in [5.74, 6) is 4.83. The van der Waals surface area contributed by atoms with Gasteiger partial charge in [-0.05, 0) is 134 Å². The molecule has 0 radical (unpaired) electrons. The zero-order chi connectivity index (χ0) is 27.3. The Morgan fingerprint density at radius 3 is 2.29 bits per heavy atom. The van der Waals surface area contributed by atoms with Gasteiger partial charge in [0.05, 0.1) is 12.7 Å². The number of esters is 1. The van der Waals surface area contributed by atoms with Gasteiger partial charge in [-0.15, -0.1) is 6.58 Å². The zero-order valence-electron chi connectivity index (χ0n) is 24.6. The number of nitrogens with two attached hydrogens (primary N) is 1. The fourth-order valence-corrected chi connectivity index (χ4v) is 10.7. The van der Waals surface area contributed by atoms with Gasteiger partial charge in [-0.2, -0.15) is 0 Å². The minimum absolute atomic E-state index is 0.131. The standard InChI is InChI=1S/C32H45NO2.C3H6/c1-30(2)25(20-7-9-21(10-8-20)29(34)35-4)16-18-31(3)26-13-11-24-22(23(26)12-14-28(30)31)15-19-32(33)17-5-6-27(24)32;1-3-2/h7-10,16,22-24,26-28H,5-6,11-15,17-19,33H2,1-4H3;3H,1H2,2H3. The summed E-state index contributed by atoms with van der Waals surface area (Å²) in [6, 6.07) is 8.10. The minimum Gasteiger partial charge on any atom is -0.465 e. The molecular weight excluding hydrogens is 466 g/mol. The van der Waals surface area contributed by atoms with E-state index in [2.05, 4.69) is 45.6 Å². The van der Waals surface area contributed by atoms with Crippen molar-refractivity contribution in [2.24, 2.45) is 52.1 Å². The van der Waals surface area contributed by atoms with Crippen LogP contribution in [0.4, 0.5) is 0 Å². The first kappa shape index (κ1) is 27.7. The monoisotopic (exact) mass is 517 g/mol. The molecule has 38 heavy (non-hydrogen) atoms. The summed E-state index contributed by atoms with van der Waals surface area (Å²) in [6.45, 7) is 12.9. The summed E-state index contributed by atoms with van der Waals surface area (Å²) in [4.78, 5) is 11.9. The maximum Gasteiger partial charge on any atom is 0.337 e. The van der Waals surface area contributed by atoms with Crippen LogP contribution in [-0.2, 0) is 4.74 Å². The van der Waals surface area contributed by atoms with Crippen LogP contribution in [0, 0.1) is 46.3 Å². The van der Waals surface area contributed by atoms with Crippen LogP contribution in [0.5, 0.6) is 0 Å². The van der Waals surface area contributed by atoms with E-state index >= 15 is 0 Å². The molecule has 0 saturated heterocycles. The molecule has 1 aromatic rings. The lowest BCUT2D eigenvalue weighted by Gasteiger charge is -2.64. The molecule has 4 fully saturated rings. The molecule has 6 rings (SSSR count). The van der Waals surface area contributed by atoms with Crippen molar-refractivity contribution in [1.29, 1.82) is 0 Å². The highest BCUT2D eigenvalue weighted by molar-refractivity contribution is 5.89. The van der Waals surface area contributed by atoms with Crippen LogP contribution in [0.3, 0.4) is 0 Å². The highest BCUT2D eigenvalue weighted by Gasteiger charge is 2.61. The van der Waals surface area contributed by atoms with Crippen molar-refractivity contribution in [1.82, 2.24) is 0 Å². The lowest BCUT2D eigenvalue weighted by Crippen LogP contribution is -2.59. The van der Waals surface area contributed by atoms with Crippen molar-refractivity contribution >= 4 is 11.5 Å². The molecule has 8 unspecified atom stereocenters. The third kappa shape index (κ3) is 4.32. The number of methoxy groups -OCH3 is 1. The Morgan fingerprint density at radius 1 is 0.947 bits per heavy atom. The molecular formula is C35H51NO2. The van der Waals surface area contributed by atoms with E-state index in [-0.39, 0.29) is 16.9 Å². The van der Waals surface area contributed by atoms with Crippen LogP contribution in [-0.4, -0.2) is 18.6 Å². The van der Waals surface area contributed by atoms with Gasteiger partial charge in [0.1, 0.15) is 0 Å². The van der Waals surface area contributed by atoms with E-state index in [0.29, 0.717) is 16.9 Å². The Morgan fingerprint density at radius 2 is 1.61 bits per heavy atom. The Hall–Kier alpha value is -1.87. The Labute approximate surface area is 231 Å². The van der Waals surface area contributed by atoms with Crippen LogP contribution in [0.15, 0.2) is 43.0 Å². The van der Waals surface area contributed by atoms with Crippen LogP contribution < -0.4 is 5.73 Å². The molecule has 5 aliphatic carbocycles. The van der Waals surface area contributed by atoms with Crippen molar-refractivity contribution in [3.63, 3.8) is 0 Å². The minimum atomic E-state index is -0.262. The molecule has 0 bridgehead atoms. The maximum absolute atomic E-state index is 11.9. The number of ether oxygens (including phenoxy) is 1. The van der Waals surface area contributed by atoms with Crippen molar-refractivity contribution < 1.29 is 9.53 Å². The van der Waals surface area contributed by atoms with Gasteiger partial charge in [0.2, 0.25) is 0 Å². The summed E-state index contributed by atoms with van der Waals surface area (Å²) in [5.41, 5.74) is 11.0. The van der Waals surface area contributed by atoms with E-state index in [4.69, 9.17) is 10.5 Å². The number of benzene rings is 1. The van der Waals surface area contributed by atoms with Gasteiger partial charge in [-0.3, -0.25) is 0 Å². The molecule has 0 aromatic heterocycles. The van der Waals surface area contributed by atoms with Crippen molar-refractivity contribution in [3.05, 3.63) is 54.1 Å². The smallest absolute Gasteiger partial charge is 0.337 e. The highest BCUT2D eigenvalue weighted by atomic mass is 16.5. The molecule has 4 saturated carbocycles. The Balaban J connectivity index is 0.000000937. The highest BCUT2D eigenvalue weighted by Crippen LogP contribution is 2.68. The van der Waals surface area contributed by atoms with E-state index in [0.717, 1.165) is 29.6 Å². The summed E-state index contributed by atoms with van der Waals surface area (Å²) in [7, 11) is 1.45. The van der Waals surface area contributed by atoms with Crippen molar-refractivity contribution in [3.8, 4) is 0 Å². The molecule has 5 aliphatic rings. The van der Waals surface area contributed by atoms with Crippen molar-refractivity contribution in [2.45, 2.75) is 97.4 Å². The van der Waals surface area contributed by atoms with Gasteiger partial charge in [-0.25, -0.2) is 4.79 Å². The van der Waals surface area contributed by atoms with E-state index in [1.807, 2.05) is 19.1 Å². The average molecular weight is 518 g/mol. The Kier molecular flexibility index (Phi) is 7.48. The SMILES string of the molecule is C=CC.COC(=O)c1ccc(C2=CCC3(C)C4CCC5C(CCC6(N)CCCC56)C4CCC3C2(C)C)cc1. The number of allylic oxidation sites excluding steroid dienone is 3. The lowest BCUT2D eigenvalue weighted by molar-refractivity contribution is -0.120. The topological polar surface area (TPSA) is 52.3 Å². The summed E-state index contributed by atoms with van der Waals surface area (Å²) >= 11 is 0. The average Bonchev–Trinajstić information content (AvgIpc) is 3.30. The van der Waals surface area contributed by atoms with Gasteiger partial charge in [0.25, 0.3) is 0 Å². The van der Waals surface area contributed by atoms with E-state index < -0.39 is 0 Å². The predicted octanol–water partition coefficient (Wildman–Crippen LogP) is 8.45. The summed E-state index contributed by atoms with van der Waals surface area (Å²) in [6.07, 6.45) is 17.8. The molecule has 2 N–H and O–H groups in total. The van der Waals surface area contributed by atoms with Crippen LogP contribution in [0.2, 0.25) is 0 Å². The molecule has 0 heterocycles. The van der Waals surface area contributed by atoms with Crippen LogP contribution in [0.1, 0.15) is 108 Å².